The van der Waals surface area contributed by atoms with Gasteiger partial charge in [0, 0.05) is 33.2 Å². The van der Waals surface area contributed by atoms with E-state index in [0.717, 1.165) is 31.2 Å². The molecular weight excluding hydrogens is 485 g/mol. The number of hydrogen-bond acceptors (Lipinski definition) is 4. The van der Waals surface area contributed by atoms with Crippen LogP contribution in [0.5, 0.6) is 0 Å². The highest BCUT2D eigenvalue weighted by Crippen LogP contribution is 2.21. The SMILES string of the molecule is CN=C(NCCNC(=O)c1scnc1C)N1CC=C(c2ccccc2)CC1.I. The second-order valence-corrected chi connectivity index (χ2v) is 7.14. The average molecular weight is 511 g/mol. The van der Waals surface area contributed by atoms with Gasteiger partial charge in [-0.15, -0.1) is 35.3 Å². The van der Waals surface area contributed by atoms with Crippen molar-refractivity contribution >= 4 is 52.8 Å². The molecule has 2 heterocycles. The quantitative estimate of drug-likeness (QED) is 0.280. The van der Waals surface area contributed by atoms with Crippen molar-refractivity contribution < 1.29 is 4.79 Å². The summed E-state index contributed by atoms with van der Waals surface area (Å²) in [7, 11) is 1.79. The maximum absolute atomic E-state index is 12.1. The lowest BCUT2D eigenvalue weighted by atomic mass is 10.00. The maximum atomic E-state index is 12.1. The van der Waals surface area contributed by atoms with E-state index in [1.54, 1.807) is 12.6 Å². The van der Waals surface area contributed by atoms with Gasteiger partial charge in [0.1, 0.15) is 4.88 Å². The highest BCUT2D eigenvalue weighted by Gasteiger charge is 2.16. The molecule has 0 spiro atoms. The number of hydrogen-bond donors (Lipinski definition) is 2. The molecule has 0 aliphatic carbocycles. The van der Waals surface area contributed by atoms with Crippen molar-refractivity contribution in [1.82, 2.24) is 20.5 Å². The number of nitrogens with one attached hydrogen (secondary N) is 2. The number of aryl methyl sites for hydroxylation is 1. The van der Waals surface area contributed by atoms with E-state index < -0.39 is 0 Å². The maximum Gasteiger partial charge on any atom is 0.263 e. The second-order valence-electron chi connectivity index (χ2n) is 6.29. The van der Waals surface area contributed by atoms with Crippen molar-refractivity contribution in [2.24, 2.45) is 4.99 Å². The minimum Gasteiger partial charge on any atom is -0.354 e. The Hall–Kier alpha value is -1.94. The molecule has 0 saturated carbocycles. The van der Waals surface area contributed by atoms with E-state index in [0.29, 0.717) is 18.0 Å². The molecule has 1 amide bonds. The van der Waals surface area contributed by atoms with E-state index >= 15 is 0 Å². The monoisotopic (exact) mass is 511 g/mol. The fourth-order valence-electron chi connectivity index (χ4n) is 3.06. The Bertz CT molecular complexity index is 834. The summed E-state index contributed by atoms with van der Waals surface area (Å²) >= 11 is 1.37. The number of benzene rings is 1. The van der Waals surface area contributed by atoms with E-state index in [2.05, 4.69) is 55.9 Å². The molecule has 8 heteroatoms. The van der Waals surface area contributed by atoms with Crippen LogP contribution in [0.1, 0.15) is 27.3 Å². The Morgan fingerprint density at radius 1 is 1.25 bits per heavy atom. The standard InChI is InChI=1S/C20H25N5OS.HI/c1-15-18(27-14-24-15)19(26)22-10-11-23-20(21-2)25-12-8-17(9-13-25)16-6-4-3-5-7-16;/h3-8,14H,9-13H2,1-2H3,(H,21,23)(H,22,26);1H. The third-order valence-electron chi connectivity index (χ3n) is 4.51. The zero-order chi connectivity index (χ0) is 19.1. The van der Waals surface area contributed by atoms with Crippen LogP contribution in [0.25, 0.3) is 5.57 Å². The van der Waals surface area contributed by atoms with Gasteiger partial charge in [0.15, 0.2) is 5.96 Å². The van der Waals surface area contributed by atoms with Crippen LogP contribution in [0.2, 0.25) is 0 Å². The van der Waals surface area contributed by atoms with Crippen LogP contribution in [0.15, 0.2) is 46.9 Å². The average Bonchev–Trinajstić information content (AvgIpc) is 3.15. The summed E-state index contributed by atoms with van der Waals surface area (Å²) in [5.41, 5.74) is 5.14. The molecule has 1 aromatic carbocycles. The van der Waals surface area contributed by atoms with Crippen LogP contribution in [0.4, 0.5) is 0 Å². The van der Waals surface area contributed by atoms with Crippen molar-refractivity contribution in [1.29, 1.82) is 0 Å². The molecule has 0 atom stereocenters. The molecule has 6 nitrogen and oxygen atoms in total. The van der Waals surface area contributed by atoms with Crippen molar-refractivity contribution in [3.8, 4) is 0 Å². The first-order valence-corrected chi connectivity index (χ1v) is 9.95. The van der Waals surface area contributed by atoms with Gasteiger partial charge >= 0.3 is 0 Å². The predicted molar refractivity (Wildman–Crippen MR) is 127 cm³/mol. The van der Waals surface area contributed by atoms with Gasteiger partial charge in [0.25, 0.3) is 5.91 Å². The van der Waals surface area contributed by atoms with Gasteiger partial charge < -0.3 is 15.5 Å². The first-order chi connectivity index (χ1) is 13.2. The summed E-state index contributed by atoms with van der Waals surface area (Å²) in [5, 5.41) is 6.25. The van der Waals surface area contributed by atoms with Crippen molar-refractivity contribution in [3.05, 3.63) is 58.1 Å². The zero-order valence-corrected chi connectivity index (χ0v) is 19.3. The normalized spacial score (nSPS) is 14.1. The molecule has 28 heavy (non-hydrogen) atoms. The fourth-order valence-corrected chi connectivity index (χ4v) is 3.78. The van der Waals surface area contributed by atoms with Crippen molar-refractivity contribution in [3.63, 3.8) is 0 Å². The molecule has 1 aliphatic heterocycles. The van der Waals surface area contributed by atoms with Crippen molar-refractivity contribution in [2.45, 2.75) is 13.3 Å². The lowest BCUT2D eigenvalue weighted by molar-refractivity contribution is 0.0957. The van der Waals surface area contributed by atoms with E-state index in [1.165, 1.54) is 22.5 Å². The van der Waals surface area contributed by atoms with E-state index in [4.69, 9.17) is 0 Å². The summed E-state index contributed by atoms with van der Waals surface area (Å²) in [5.74, 6) is 0.793. The number of carbonyl (C=O) groups excluding carboxylic acids is 1. The molecule has 1 aromatic heterocycles. The van der Waals surface area contributed by atoms with E-state index in [-0.39, 0.29) is 29.9 Å². The molecule has 0 fully saturated rings. The number of aliphatic imine (C=N–C) groups is 1. The summed E-state index contributed by atoms with van der Waals surface area (Å²) in [6, 6.07) is 10.5. The summed E-state index contributed by atoms with van der Waals surface area (Å²) in [6.45, 7) is 4.76. The second kappa shape index (κ2) is 11.2. The van der Waals surface area contributed by atoms with Gasteiger partial charge in [-0.05, 0) is 24.5 Å². The number of carbonyl (C=O) groups is 1. The first-order valence-electron chi connectivity index (χ1n) is 9.07. The number of rotatable bonds is 5. The van der Waals surface area contributed by atoms with E-state index in [9.17, 15) is 4.79 Å². The molecule has 1 aliphatic rings. The van der Waals surface area contributed by atoms with Gasteiger partial charge in [0.05, 0.1) is 11.2 Å². The van der Waals surface area contributed by atoms with Crippen LogP contribution < -0.4 is 10.6 Å². The molecule has 0 radical (unpaired) electrons. The molecule has 3 rings (SSSR count). The number of guanidine groups is 1. The number of halogens is 1. The van der Waals surface area contributed by atoms with Gasteiger partial charge in [-0.2, -0.15) is 0 Å². The number of thiazole rings is 1. The van der Waals surface area contributed by atoms with Crippen LogP contribution >= 0.6 is 35.3 Å². The Labute approximate surface area is 187 Å². The van der Waals surface area contributed by atoms with Crippen LogP contribution in [-0.2, 0) is 0 Å². The molecule has 2 aromatic rings. The minimum atomic E-state index is -0.0693. The van der Waals surface area contributed by atoms with E-state index in [1.807, 2.05) is 13.0 Å². The Balaban J connectivity index is 0.00000280. The topological polar surface area (TPSA) is 69.6 Å². The number of amides is 1. The van der Waals surface area contributed by atoms with Crippen LogP contribution in [0, 0.1) is 6.92 Å². The van der Waals surface area contributed by atoms with Gasteiger partial charge in [0.2, 0.25) is 0 Å². The number of aromatic nitrogens is 1. The summed E-state index contributed by atoms with van der Waals surface area (Å²) in [6.07, 6.45) is 3.26. The molecule has 150 valence electrons. The molecule has 0 bridgehead atoms. The number of nitrogens with zero attached hydrogens (tertiary/aromatic N) is 3. The molecular formula is C20H26IN5OS. The largest absolute Gasteiger partial charge is 0.354 e. The third-order valence-corrected chi connectivity index (χ3v) is 5.44. The fraction of sp³-hybridized carbons (Fsp3) is 0.350. The van der Waals surface area contributed by atoms with Crippen LogP contribution in [-0.4, -0.2) is 55.0 Å². The molecule has 2 N–H and O–H groups in total. The molecule has 0 saturated heterocycles. The van der Waals surface area contributed by atoms with Crippen molar-refractivity contribution in [2.75, 3.05) is 33.2 Å². The predicted octanol–water partition coefficient (Wildman–Crippen LogP) is 3.16. The highest BCUT2D eigenvalue weighted by molar-refractivity contribution is 14.0. The summed E-state index contributed by atoms with van der Waals surface area (Å²) in [4.78, 5) is 23.5. The highest BCUT2D eigenvalue weighted by atomic mass is 127. The zero-order valence-electron chi connectivity index (χ0n) is 16.1. The van der Waals surface area contributed by atoms with Gasteiger partial charge in [-0.1, -0.05) is 36.4 Å². The Morgan fingerprint density at radius 2 is 2.00 bits per heavy atom. The van der Waals surface area contributed by atoms with Gasteiger partial charge in [-0.25, -0.2) is 4.98 Å². The first kappa shape index (κ1) is 22.4. The smallest absolute Gasteiger partial charge is 0.263 e. The lowest BCUT2D eigenvalue weighted by Crippen LogP contribution is -2.45. The Kier molecular flexibility index (Phi) is 8.91. The molecule has 0 unspecified atom stereocenters. The minimum absolute atomic E-state index is 0. The van der Waals surface area contributed by atoms with Gasteiger partial charge in [-0.3, -0.25) is 9.79 Å². The summed E-state index contributed by atoms with van der Waals surface area (Å²) < 4.78 is 0. The third kappa shape index (κ3) is 5.78. The van der Waals surface area contributed by atoms with Crippen LogP contribution in [0.3, 0.4) is 0 Å². The lowest BCUT2D eigenvalue weighted by Gasteiger charge is -2.29. The Morgan fingerprint density at radius 3 is 2.61 bits per heavy atom.